The number of carbonyl (C=O) groups is 2. The van der Waals surface area contributed by atoms with E-state index in [1.54, 1.807) is 5.48 Å². The molecule has 4 N–H and O–H groups in total. The Balaban J connectivity index is 1.44. The van der Waals surface area contributed by atoms with Gasteiger partial charge in [0.15, 0.2) is 6.29 Å². The number of nitrogens with zero attached hydrogens (tertiary/aromatic N) is 1. The Bertz CT molecular complexity index is 1250. The number of likely N-dealkylation sites (N-methyl/N-ethyl adjacent to an activating group) is 1. The fourth-order valence-corrected chi connectivity index (χ4v) is 4.95. The fourth-order valence-electron chi connectivity index (χ4n) is 4.95. The molecule has 0 saturated carbocycles. The van der Waals surface area contributed by atoms with Crippen LogP contribution in [0.5, 0.6) is 0 Å². The van der Waals surface area contributed by atoms with Crippen molar-refractivity contribution in [2.45, 2.75) is 63.8 Å². The third-order valence-corrected chi connectivity index (χ3v) is 7.05. The molecule has 1 aliphatic heterocycles. The smallest absolute Gasteiger partial charge is 0.243 e. The summed E-state index contributed by atoms with van der Waals surface area (Å²) in [5.41, 5.74) is 6.13. The predicted octanol–water partition coefficient (Wildman–Crippen LogP) is 4.86. The van der Waals surface area contributed by atoms with Crippen molar-refractivity contribution in [1.29, 1.82) is 0 Å². The molecule has 3 aromatic carbocycles. The summed E-state index contributed by atoms with van der Waals surface area (Å²) >= 11 is 0. The predicted molar refractivity (Wildman–Crippen MR) is 155 cm³/mol. The lowest BCUT2D eigenvalue weighted by Crippen LogP contribution is -2.37. The summed E-state index contributed by atoms with van der Waals surface area (Å²) in [4.78, 5) is 25.9. The third-order valence-electron chi connectivity index (χ3n) is 7.05. The van der Waals surface area contributed by atoms with E-state index in [1.807, 2.05) is 66.7 Å². The number of hydroxylamine groups is 1. The first-order chi connectivity index (χ1) is 19.9. The van der Waals surface area contributed by atoms with E-state index < -0.39 is 12.2 Å². The van der Waals surface area contributed by atoms with Gasteiger partial charge in [-0.25, -0.2) is 5.48 Å². The molecule has 9 nitrogen and oxygen atoms in total. The van der Waals surface area contributed by atoms with E-state index >= 15 is 0 Å². The molecule has 3 aromatic rings. The van der Waals surface area contributed by atoms with Crippen molar-refractivity contribution in [2.75, 3.05) is 18.9 Å². The van der Waals surface area contributed by atoms with Crippen LogP contribution in [0.2, 0.25) is 0 Å². The minimum atomic E-state index is -0.629. The van der Waals surface area contributed by atoms with E-state index in [4.69, 9.17) is 14.7 Å². The monoisotopic (exact) mass is 561 g/mol. The lowest BCUT2D eigenvalue weighted by atomic mass is 9.99. The van der Waals surface area contributed by atoms with Gasteiger partial charge in [0.25, 0.3) is 0 Å². The Hall–Kier alpha value is -3.60. The second-order valence-corrected chi connectivity index (χ2v) is 10.4. The maximum Gasteiger partial charge on any atom is 0.243 e. The number of unbranched alkanes of at least 4 members (excludes halogenated alkanes) is 1. The number of hydrogen-bond acceptors (Lipinski definition) is 7. The summed E-state index contributed by atoms with van der Waals surface area (Å²) in [7, 11) is 2.08. The summed E-state index contributed by atoms with van der Waals surface area (Å²) in [5, 5.41) is 21.0. The summed E-state index contributed by atoms with van der Waals surface area (Å²) in [5.74, 6) is -0.614. The highest BCUT2D eigenvalue weighted by Crippen LogP contribution is 2.38. The van der Waals surface area contributed by atoms with Crippen LogP contribution in [0.15, 0.2) is 78.9 Å². The van der Waals surface area contributed by atoms with E-state index in [0.29, 0.717) is 31.5 Å². The molecule has 0 aromatic heterocycles. The van der Waals surface area contributed by atoms with Gasteiger partial charge in [-0.1, -0.05) is 66.7 Å². The first-order valence-corrected chi connectivity index (χ1v) is 14.0. The zero-order valence-electron chi connectivity index (χ0n) is 23.4. The van der Waals surface area contributed by atoms with Crippen molar-refractivity contribution >= 4 is 17.5 Å². The van der Waals surface area contributed by atoms with Gasteiger partial charge in [-0.3, -0.25) is 19.7 Å². The van der Waals surface area contributed by atoms with Gasteiger partial charge in [-0.05, 0) is 48.7 Å². The summed E-state index contributed by atoms with van der Waals surface area (Å²) in [6.07, 6.45) is 1.22. The van der Waals surface area contributed by atoms with Gasteiger partial charge in [-0.2, -0.15) is 0 Å². The highest BCUT2D eigenvalue weighted by molar-refractivity contribution is 5.90. The Morgan fingerprint density at radius 2 is 1.61 bits per heavy atom. The minimum absolute atomic E-state index is 0.0129. The van der Waals surface area contributed by atoms with Crippen LogP contribution in [0.1, 0.15) is 66.8 Å². The minimum Gasteiger partial charge on any atom is -0.392 e. The zero-order valence-corrected chi connectivity index (χ0v) is 23.4. The van der Waals surface area contributed by atoms with Crippen LogP contribution in [0.3, 0.4) is 0 Å². The molecule has 41 heavy (non-hydrogen) atoms. The Kier molecular flexibility index (Phi) is 11.4. The highest BCUT2D eigenvalue weighted by atomic mass is 16.7. The van der Waals surface area contributed by atoms with Crippen LogP contribution in [0.4, 0.5) is 5.69 Å². The molecule has 0 aliphatic carbocycles. The number of anilines is 1. The number of carbonyl (C=O) groups excluding carboxylic acids is 2. The largest absolute Gasteiger partial charge is 0.392 e. The number of amides is 2. The Labute approximate surface area is 241 Å². The van der Waals surface area contributed by atoms with Gasteiger partial charge >= 0.3 is 0 Å². The molecule has 1 saturated heterocycles. The van der Waals surface area contributed by atoms with Gasteiger partial charge in [0, 0.05) is 43.6 Å². The van der Waals surface area contributed by atoms with Crippen molar-refractivity contribution in [3.8, 4) is 0 Å². The Morgan fingerprint density at radius 1 is 0.878 bits per heavy atom. The van der Waals surface area contributed by atoms with E-state index in [2.05, 4.69) is 29.4 Å². The molecule has 3 atom stereocenters. The number of benzene rings is 3. The first-order valence-electron chi connectivity index (χ1n) is 14.0. The second kappa shape index (κ2) is 15.4. The molecule has 1 fully saturated rings. The summed E-state index contributed by atoms with van der Waals surface area (Å²) in [6.45, 7) is 1.50. The molecule has 0 unspecified atom stereocenters. The van der Waals surface area contributed by atoms with Crippen LogP contribution < -0.4 is 10.8 Å². The van der Waals surface area contributed by atoms with E-state index in [1.165, 1.54) is 5.56 Å². The van der Waals surface area contributed by atoms with Crippen molar-refractivity contribution in [1.82, 2.24) is 10.4 Å². The lowest BCUT2D eigenvalue weighted by Gasteiger charge is -2.38. The molecule has 0 spiro atoms. The maximum absolute atomic E-state index is 12.5. The molecular weight excluding hydrogens is 522 g/mol. The van der Waals surface area contributed by atoms with E-state index in [-0.39, 0.29) is 37.6 Å². The number of rotatable bonds is 13. The van der Waals surface area contributed by atoms with E-state index in [9.17, 15) is 14.7 Å². The first kappa shape index (κ1) is 30.4. The molecule has 4 rings (SSSR count). The molecule has 218 valence electrons. The number of hydrogen-bond donors (Lipinski definition) is 4. The third kappa shape index (κ3) is 9.48. The Morgan fingerprint density at radius 3 is 2.32 bits per heavy atom. The SMILES string of the molecule is CN(Cc1ccccc1)C[C@@H]1C[C@H](c2ccc(CO)cc2)O[C@H](c2cccc(NC(=O)CCCCC(=O)NO)c2)O1. The molecular formula is C32H39N3O6. The van der Waals surface area contributed by atoms with Gasteiger partial charge < -0.3 is 19.9 Å². The molecule has 0 bridgehead atoms. The lowest BCUT2D eigenvalue weighted by molar-refractivity contribution is -0.252. The average Bonchev–Trinajstić information content (AvgIpc) is 2.99. The van der Waals surface area contributed by atoms with Crippen molar-refractivity contribution in [2.24, 2.45) is 0 Å². The van der Waals surface area contributed by atoms with Gasteiger partial charge in [0.2, 0.25) is 11.8 Å². The average molecular weight is 562 g/mol. The number of nitrogens with one attached hydrogen (secondary N) is 2. The normalized spacial score (nSPS) is 18.7. The van der Waals surface area contributed by atoms with Crippen LogP contribution in [0, 0.1) is 0 Å². The van der Waals surface area contributed by atoms with Crippen molar-refractivity contribution in [3.05, 3.63) is 101 Å². The van der Waals surface area contributed by atoms with Crippen LogP contribution in [-0.4, -0.2) is 46.7 Å². The molecule has 0 radical (unpaired) electrons. The van der Waals surface area contributed by atoms with Crippen LogP contribution in [0.25, 0.3) is 0 Å². The molecule has 2 amide bonds. The van der Waals surface area contributed by atoms with Crippen molar-refractivity contribution in [3.63, 3.8) is 0 Å². The van der Waals surface area contributed by atoms with Gasteiger partial charge in [0.1, 0.15) is 0 Å². The van der Waals surface area contributed by atoms with Crippen molar-refractivity contribution < 1.29 is 29.4 Å². The van der Waals surface area contributed by atoms with Crippen LogP contribution in [-0.2, 0) is 32.2 Å². The highest BCUT2D eigenvalue weighted by Gasteiger charge is 2.33. The maximum atomic E-state index is 12.5. The fraction of sp³-hybridized carbons (Fsp3) is 0.375. The molecule has 1 heterocycles. The van der Waals surface area contributed by atoms with E-state index in [0.717, 1.165) is 23.2 Å². The summed E-state index contributed by atoms with van der Waals surface area (Å²) in [6, 6.07) is 25.6. The zero-order chi connectivity index (χ0) is 29.0. The number of aliphatic hydroxyl groups is 1. The molecule has 9 heteroatoms. The quantitative estimate of drug-likeness (QED) is 0.134. The summed E-state index contributed by atoms with van der Waals surface area (Å²) < 4.78 is 12.9. The van der Waals surface area contributed by atoms with Gasteiger partial charge in [-0.15, -0.1) is 0 Å². The standard InChI is InChI=1S/C32H39N3O6/c1-35(20-23-8-3-2-4-9-23)21-28-19-29(25-16-14-24(22-36)15-17-25)41-32(40-28)26-10-7-11-27(18-26)33-30(37)12-5-6-13-31(38)34-39/h2-4,7-11,14-18,28-29,32,36,39H,5-6,12-13,19-22H2,1H3,(H,33,37)(H,34,38)/t28-,29+,32+/m0/s1. The second-order valence-electron chi connectivity index (χ2n) is 10.4. The van der Waals surface area contributed by atoms with Gasteiger partial charge in [0.05, 0.1) is 18.8 Å². The topological polar surface area (TPSA) is 120 Å². The number of aliphatic hydroxyl groups excluding tert-OH is 1. The number of ether oxygens (including phenoxy) is 2. The molecule has 1 aliphatic rings. The van der Waals surface area contributed by atoms with Crippen LogP contribution >= 0.6 is 0 Å².